The lowest BCUT2D eigenvalue weighted by Gasteiger charge is -2.27. The molecule has 0 spiro atoms. The van der Waals surface area contributed by atoms with E-state index >= 15 is 0 Å². The van der Waals surface area contributed by atoms with E-state index in [1.807, 2.05) is 36.4 Å². The third-order valence-electron chi connectivity index (χ3n) is 8.71. The number of aliphatic hydroxyl groups excluding tert-OH is 4. The topological polar surface area (TPSA) is 221 Å². The van der Waals surface area contributed by atoms with Crippen molar-refractivity contribution in [2.75, 3.05) is 34.0 Å². The number of hydrogen-bond acceptors (Lipinski definition) is 11. The van der Waals surface area contributed by atoms with Crippen LogP contribution in [0, 0.1) is 0 Å². The van der Waals surface area contributed by atoms with Crippen LogP contribution in [0.4, 0.5) is 0 Å². The molecule has 0 bridgehead atoms. The number of ether oxygens (including phenoxy) is 3. The molecular formula is C42H46Cl4N2O12. The van der Waals surface area contributed by atoms with Gasteiger partial charge < -0.3 is 50.4 Å². The van der Waals surface area contributed by atoms with E-state index in [0.29, 0.717) is 25.7 Å². The van der Waals surface area contributed by atoms with Gasteiger partial charge in [-0.2, -0.15) is 0 Å². The molecule has 0 radical (unpaired) electrons. The third-order valence-corrected chi connectivity index (χ3v) is 9.58. The summed E-state index contributed by atoms with van der Waals surface area (Å²) >= 11 is 24.2. The summed E-state index contributed by atoms with van der Waals surface area (Å²) < 4.78 is 14.3. The SMILES string of the molecule is CCOC(=O)[C@H](O)[C@@H](O)[C@@H](Cc1ccc(-c2cc(Cl)cc(Cl)c2)cc1)NC(=O)COC.COCC(=O)N[C@H](Cc1ccc(-c2cc(Cl)cc(Cl)c2)cc1)[C@H](O)[C@@H](O)C(=O)O. The summed E-state index contributed by atoms with van der Waals surface area (Å²) in [6.07, 6.45) is -6.89. The fourth-order valence-electron chi connectivity index (χ4n) is 5.84. The molecule has 0 aliphatic rings. The fraction of sp³-hybridized carbons (Fsp3) is 0.333. The Morgan fingerprint density at radius 3 is 1.23 bits per heavy atom. The molecule has 0 aliphatic carbocycles. The maximum absolute atomic E-state index is 12.0. The van der Waals surface area contributed by atoms with E-state index in [9.17, 15) is 39.6 Å². The lowest BCUT2D eigenvalue weighted by Crippen LogP contribution is -2.53. The van der Waals surface area contributed by atoms with Crippen LogP contribution >= 0.6 is 46.4 Å². The van der Waals surface area contributed by atoms with Crippen molar-refractivity contribution >= 4 is 70.2 Å². The first-order chi connectivity index (χ1) is 28.4. The van der Waals surface area contributed by atoms with E-state index in [0.717, 1.165) is 27.8 Å². The van der Waals surface area contributed by atoms with Crippen LogP contribution < -0.4 is 10.6 Å². The molecule has 324 valence electrons. The summed E-state index contributed by atoms with van der Waals surface area (Å²) in [7, 11) is 2.69. The van der Waals surface area contributed by atoms with Gasteiger partial charge in [0.05, 0.1) is 18.7 Å². The molecule has 6 atom stereocenters. The minimum atomic E-state index is -2.05. The first-order valence-corrected chi connectivity index (χ1v) is 19.8. The molecule has 0 aromatic heterocycles. The van der Waals surface area contributed by atoms with Crippen LogP contribution in [-0.2, 0) is 46.2 Å². The summed E-state index contributed by atoms with van der Waals surface area (Å²) in [5.41, 5.74) is 4.85. The Kier molecular flexibility index (Phi) is 20.7. The highest BCUT2D eigenvalue weighted by Crippen LogP contribution is 2.29. The van der Waals surface area contributed by atoms with Gasteiger partial charge in [0.15, 0.2) is 12.2 Å². The van der Waals surface area contributed by atoms with E-state index in [1.54, 1.807) is 55.5 Å². The molecule has 0 fully saturated rings. The first-order valence-electron chi connectivity index (χ1n) is 18.2. The number of rotatable bonds is 19. The van der Waals surface area contributed by atoms with E-state index in [1.165, 1.54) is 14.2 Å². The minimum Gasteiger partial charge on any atom is -0.479 e. The predicted molar refractivity (Wildman–Crippen MR) is 227 cm³/mol. The van der Waals surface area contributed by atoms with Crippen molar-refractivity contribution in [3.63, 3.8) is 0 Å². The van der Waals surface area contributed by atoms with Crippen molar-refractivity contribution in [2.24, 2.45) is 0 Å². The third kappa shape index (κ3) is 15.9. The molecule has 60 heavy (non-hydrogen) atoms. The highest BCUT2D eigenvalue weighted by molar-refractivity contribution is 6.35. The van der Waals surface area contributed by atoms with Gasteiger partial charge >= 0.3 is 11.9 Å². The Balaban J connectivity index is 0.000000321. The van der Waals surface area contributed by atoms with Crippen molar-refractivity contribution in [1.29, 1.82) is 0 Å². The van der Waals surface area contributed by atoms with Crippen LogP contribution in [0.3, 0.4) is 0 Å². The second-order valence-corrected chi connectivity index (χ2v) is 15.0. The number of esters is 1. The average Bonchev–Trinajstić information content (AvgIpc) is 3.19. The normalized spacial score (nSPS) is 14.0. The second-order valence-electron chi connectivity index (χ2n) is 13.3. The number of carboxylic acids is 1. The molecule has 14 nitrogen and oxygen atoms in total. The number of halogens is 4. The molecule has 18 heteroatoms. The number of carbonyl (C=O) groups is 4. The van der Waals surface area contributed by atoms with Crippen LogP contribution in [-0.4, -0.2) is 120 Å². The van der Waals surface area contributed by atoms with Crippen LogP contribution in [0.25, 0.3) is 22.3 Å². The zero-order valence-electron chi connectivity index (χ0n) is 32.7. The monoisotopic (exact) mass is 910 g/mol. The Morgan fingerprint density at radius 2 is 0.917 bits per heavy atom. The summed E-state index contributed by atoms with van der Waals surface area (Å²) in [4.78, 5) is 46.7. The molecule has 2 amide bonds. The number of carbonyl (C=O) groups excluding carboxylic acids is 3. The quantitative estimate of drug-likeness (QED) is 0.0634. The van der Waals surface area contributed by atoms with Crippen LogP contribution in [0.1, 0.15) is 18.1 Å². The highest BCUT2D eigenvalue weighted by atomic mass is 35.5. The number of aliphatic carboxylic acids is 1. The van der Waals surface area contributed by atoms with Gasteiger partial charge in [-0.15, -0.1) is 0 Å². The standard InChI is InChI=1S/C22H25Cl2NO6.C20H21Cl2NO6/c1-3-31-22(29)21(28)20(27)18(25-19(26)12-30-2)8-13-4-6-14(7-5-13)15-9-16(23)11-17(24)10-15;1-29-10-17(24)23-16(18(25)19(26)20(27)28)6-11-2-4-12(5-3-11)13-7-14(21)9-15(22)8-13/h4-7,9-11,18,20-21,27-28H,3,8,12H2,1-2H3,(H,25,26);2-5,7-9,16,18-19,25-26H,6,10H2,1H3,(H,23,24)(H,27,28)/t18-,20+,21-;16-,18+,19-/m11/s1. The number of methoxy groups -OCH3 is 2. The Labute approximate surface area is 366 Å². The molecule has 0 unspecified atom stereocenters. The number of nitrogens with one attached hydrogen (secondary N) is 2. The van der Waals surface area contributed by atoms with Crippen molar-refractivity contribution in [3.8, 4) is 22.3 Å². The maximum Gasteiger partial charge on any atom is 0.337 e. The number of aliphatic hydroxyl groups is 4. The smallest absolute Gasteiger partial charge is 0.337 e. The van der Waals surface area contributed by atoms with Gasteiger partial charge in [0, 0.05) is 34.3 Å². The van der Waals surface area contributed by atoms with Gasteiger partial charge in [0.25, 0.3) is 0 Å². The van der Waals surface area contributed by atoms with Gasteiger partial charge in [-0.05, 0) is 89.5 Å². The Bertz CT molecular complexity index is 2000. The summed E-state index contributed by atoms with van der Waals surface area (Å²) in [5.74, 6) is -3.59. The van der Waals surface area contributed by atoms with Crippen LogP contribution in [0.2, 0.25) is 20.1 Å². The molecular weight excluding hydrogens is 866 g/mol. The van der Waals surface area contributed by atoms with E-state index in [4.69, 9.17) is 65.7 Å². The molecule has 0 heterocycles. The average molecular weight is 913 g/mol. The Morgan fingerprint density at radius 1 is 0.567 bits per heavy atom. The predicted octanol–water partition coefficient (Wildman–Crippen LogP) is 4.76. The zero-order valence-corrected chi connectivity index (χ0v) is 35.7. The van der Waals surface area contributed by atoms with Gasteiger partial charge in [-0.1, -0.05) is 94.9 Å². The first kappa shape index (κ1) is 50.0. The highest BCUT2D eigenvalue weighted by Gasteiger charge is 2.34. The lowest BCUT2D eigenvalue weighted by molar-refractivity contribution is -0.161. The van der Waals surface area contributed by atoms with Crippen LogP contribution in [0.15, 0.2) is 84.9 Å². The maximum atomic E-state index is 12.0. The van der Waals surface area contributed by atoms with E-state index in [2.05, 4.69) is 10.6 Å². The minimum absolute atomic E-state index is 0.0539. The number of carboxylic acid groups (broad SMARTS) is 1. The van der Waals surface area contributed by atoms with E-state index < -0.39 is 60.3 Å². The van der Waals surface area contributed by atoms with E-state index in [-0.39, 0.29) is 32.7 Å². The number of amides is 2. The number of hydrogen-bond donors (Lipinski definition) is 7. The molecule has 0 saturated heterocycles. The van der Waals surface area contributed by atoms with Crippen molar-refractivity contribution in [1.82, 2.24) is 10.6 Å². The van der Waals surface area contributed by atoms with Crippen molar-refractivity contribution < 1.29 is 58.9 Å². The molecule has 4 aromatic rings. The van der Waals surface area contributed by atoms with Gasteiger partial charge in [0.2, 0.25) is 11.8 Å². The van der Waals surface area contributed by atoms with Crippen molar-refractivity contribution in [3.05, 3.63) is 116 Å². The van der Waals surface area contributed by atoms with Gasteiger partial charge in [0.1, 0.15) is 25.4 Å². The van der Waals surface area contributed by atoms with Crippen LogP contribution in [0.5, 0.6) is 0 Å². The summed E-state index contributed by atoms with van der Waals surface area (Å²) in [6.45, 7) is 1.15. The summed E-state index contributed by atoms with van der Waals surface area (Å²) in [6, 6.07) is 22.9. The molecule has 4 rings (SSSR count). The second kappa shape index (κ2) is 24.8. The van der Waals surface area contributed by atoms with Gasteiger partial charge in [-0.25, -0.2) is 9.59 Å². The number of benzene rings is 4. The Hall–Kier alpha value is -4.32. The fourth-order valence-corrected chi connectivity index (χ4v) is 6.89. The largest absolute Gasteiger partial charge is 0.479 e. The zero-order chi connectivity index (χ0) is 44.5. The molecule has 4 aromatic carbocycles. The lowest BCUT2D eigenvalue weighted by atomic mass is 9.96. The molecule has 0 aliphatic heterocycles. The van der Waals surface area contributed by atoms with Gasteiger partial charge in [-0.3, -0.25) is 9.59 Å². The molecule has 0 saturated carbocycles. The molecule has 7 N–H and O–H groups in total. The summed E-state index contributed by atoms with van der Waals surface area (Å²) in [5, 5.41) is 56.6. The van der Waals surface area contributed by atoms with Crippen molar-refractivity contribution in [2.45, 2.75) is 56.3 Å².